The van der Waals surface area contributed by atoms with Gasteiger partial charge in [0.15, 0.2) is 0 Å². The van der Waals surface area contributed by atoms with Gasteiger partial charge in [-0.1, -0.05) is 12.8 Å². The van der Waals surface area contributed by atoms with Crippen molar-refractivity contribution < 1.29 is 4.74 Å². The molecule has 96 valence electrons. The molecular weight excluding hydrogens is 224 g/mol. The number of aromatic nitrogens is 1. The van der Waals surface area contributed by atoms with Crippen molar-refractivity contribution in [1.29, 1.82) is 0 Å². The van der Waals surface area contributed by atoms with Crippen LogP contribution in [0.15, 0.2) is 18.2 Å². The number of ether oxygens (including phenoxy) is 1. The monoisotopic (exact) mass is 244 g/mol. The number of aromatic amines is 1. The fourth-order valence-electron chi connectivity index (χ4n) is 3.34. The van der Waals surface area contributed by atoms with Crippen LogP contribution in [0.2, 0.25) is 0 Å². The van der Waals surface area contributed by atoms with Crippen molar-refractivity contribution in [3.8, 4) is 5.75 Å². The molecule has 1 aliphatic carbocycles. The molecule has 18 heavy (non-hydrogen) atoms. The number of rotatable bonds is 2. The molecule has 2 aromatic rings. The van der Waals surface area contributed by atoms with Crippen LogP contribution in [0.5, 0.6) is 5.75 Å². The molecule has 0 unspecified atom stereocenters. The van der Waals surface area contributed by atoms with Crippen LogP contribution in [0.4, 0.5) is 0 Å². The Bertz CT molecular complexity index is 579. The molecule has 1 heterocycles. The molecule has 3 N–H and O–H groups in total. The first-order chi connectivity index (χ1) is 8.64. The number of nitrogens with one attached hydrogen (secondary N) is 1. The molecule has 0 aliphatic heterocycles. The van der Waals surface area contributed by atoms with E-state index in [4.69, 9.17) is 10.5 Å². The van der Waals surface area contributed by atoms with Crippen LogP contribution in [0.25, 0.3) is 10.9 Å². The number of fused-ring (bicyclic) bond motifs is 1. The van der Waals surface area contributed by atoms with E-state index in [1.165, 1.54) is 29.5 Å². The summed E-state index contributed by atoms with van der Waals surface area (Å²) in [6, 6.07) is 6.18. The number of benzene rings is 1. The Morgan fingerprint density at radius 2 is 2.00 bits per heavy atom. The highest BCUT2D eigenvalue weighted by atomic mass is 16.5. The topological polar surface area (TPSA) is 51.0 Å². The second kappa shape index (κ2) is 4.02. The van der Waals surface area contributed by atoms with Crippen LogP contribution >= 0.6 is 0 Å². The minimum atomic E-state index is -0.142. The molecule has 0 spiro atoms. The molecule has 3 rings (SSSR count). The van der Waals surface area contributed by atoms with Crippen molar-refractivity contribution in [3.05, 3.63) is 29.5 Å². The first-order valence-corrected chi connectivity index (χ1v) is 6.60. The van der Waals surface area contributed by atoms with Gasteiger partial charge in [0, 0.05) is 33.8 Å². The van der Waals surface area contributed by atoms with Crippen molar-refractivity contribution in [1.82, 2.24) is 4.98 Å². The molecule has 1 saturated carbocycles. The van der Waals surface area contributed by atoms with E-state index in [2.05, 4.69) is 18.0 Å². The molecule has 0 bridgehead atoms. The Morgan fingerprint density at radius 1 is 1.28 bits per heavy atom. The first kappa shape index (κ1) is 11.6. The quantitative estimate of drug-likeness (QED) is 0.852. The summed E-state index contributed by atoms with van der Waals surface area (Å²) < 4.78 is 5.27. The Hall–Kier alpha value is -1.48. The highest BCUT2D eigenvalue weighted by Crippen LogP contribution is 2.41. The number of hydrogen-bond acceptors (Lipinski definition) is 2. The lowest BCUT2D eigenvalue weighted by Gasteiger charge is -2.24. The summed E-state index contributed by atoms with van der Waals surface area (Å²) >= 11 is 0. The predicted octanol–water partition coefficient (Wildman–Crippen LogP) is 3.21. The summed E-state index contributed by atoms with van der Waals surface area (Å²) in [6.07, 6.45) is 4.65. The maximum absolute atomic E-state index is 6.61. The van der Waals surface area contributed by atoms with Crippen LogP contribution in [0, 0.1) is 6.92 Å². The summed E-state index contributed by atoms with van der Waals surface area (Å²) in [6.45, 7) is 2.12. The van der Waals surface area contributed by atoms with Crippen LogP contribution < -0.4 is 10.5 Å². The lowest BCUT2D eigenvalue weighted by atomic mass is 9.87. The number of hydrogen-bond donors (Lipinski definition) is 2. The fourth-order valence-corrected chi connectivity index (χ4v) is 3.34. The van der Waals surface area contributed by atoms with Gasteiger partial charge in [0.1, 0.15) is 5.75 Å². The molecule has 3 nitrogen and oxygen atoms in total. The summed E-state index contributed by atoms with van der Waals surface area (Å²) in [5.74, 6) is 0.882. The van der Waals surface area contributed by atoms with Crippen molar-refractivity contribution in [3.63, 3.8) is 0 Å². The minimum absolute atomic E-state index is 0.142. The van der Waals surface area contributed by atoms with Gasteiger partial charge in [-0.15, -0.1) is 0 Å². The third kappa shape index (κ3) is 1.62. The Labute approximate surface area is 107 Å². The normalized spacial score (nSPS) is 18.4. The van der Waals surface area contributed by atoms with Crippen molar-refractivity contribution >= 4 is 10.9 Å². The molecule has 1 aromatic carbocycles. The van der Waals surface area contributed by atoms with Gasteiger partial charge in [-0.05, 0) is 31.9 Å². The summed E-state index contributed by atoms with van der Waals surface area (Å²) in [5.41, 5.74) is 10.1. The highest BCUT2D eigenvalue weighted by Gasteiger charge is 2.34. The highest BCUT2D eigenvalue weighted by molar-refractivity contribution is 5.87. The SMILES string of the molecule is COc1ccc2c(C3(N)CCCC3)c(C)[nH]c2c1. The van der Waals surface area contributed by atoms with E-state index in [9.17, 15) is 0 Å². The van der Waals surface area contributed by atoms with E-state index in [0.29, 0.717) is 0 Å². The predicted molar refractivity (Wildman–Crippen MR) is 73.9 cm³/mol. The van der Waals surface area contributed by atoms with Gasteiger partial charge < -0.3 is 15.5 Å². The Balaban J connectivity index is 2.20. The molecule has 0 atom stereocenters. The molecule has 1 aliphatic rings. The smallest absolute Gasteiger partial charge is 0.120 e. The van der Waals surface area contributed by atoms with Crippen LogP contribution in [-0.2, 0) is 5.54 Å². The van der Waals surface area contributed by atoms with Crippen LogP contribution in [-0.4, -0.2) is 12.1 Å². The summed E-state index contributed by atoms with van der Waals surface area (Å²) in [4.78, 5) is 3.44. The van der Waals surface area contributed by atoms with Crippen LogP contribution in [0.1, 0.15) is 36.9 Å². The Morgan fingerprint density at radius 3 is 2.67 bits per heavy atom. The standard InChI is InChI=1S/C15H20N2O/c1-10-14(15(16)7-3-4-8-15)12-6-5-11(18-2)9-13(12)17-10/h5-6,9,17H,3-4,7-8,16H2,1-2H3. The second-order valence-corrected chi connectivity index (χ2v) is 5.40. The van der Waals surface area contributed by atoms with Crippen LogP contribution in [0.3, 0.4) is 0 Å². The summed E-state index contributed by atoms with van der Waals surface area (Å²) in [5, 5.41) is 1.25. The summed E-state index contributed by atoms with van der Waals surface area (Å²) in [7, 11) is 1.69. The number of methoxy groups -OCH3 is 1. The van der Waals surface area contributed by atoms with E-state index in [0.717, 1.165) is 24.1 Å². The average molecular weight is 244 g/mol. The number of H-pyrrole nitrogens is 1. The maximum Gasteiger partial charge on any atom is 0.120 e. The average Bonchev–Trinajstić information content (AvgIpc) is 2.91. The van der Waals surface area contributed by atoms with Gasteiger partial charge in [-0.2, -0.15) is 0 Å². The number of aryl methyl sites for hydroxylation is 1. The van der Waals surface area contributed by atoms with Gasteiger partial charge in [0.25, 0.3) is 0 Å². The lowest BCUT2D eigenvalue weighted by Crippen LogP contribution is -2.33. The van der Waals surface area contributed by atoms with E-state index in [-0.39, 0.29) is 5.54 Å². The van der Waals surface area contributed by atoms with Gasteiger partial charge >= 0.3 is 0 Å². The molecule has 1 fully saturated rings. The first-order valence-electron chi connectivity index (χ1n) is 6.60. The molecule has 1 aromatic heterocycles. The third-order valence-corrected chi connectivity index (χ3v) is 4.19. The number of nitrogens with two attached hydrogens (primary N) is 1. The molecular formula is C15H20N2O. The lowest BCUT2D eigenvalue weighted by molar-refractivity contribution is 0.415. The zero-order valence-electron chi connectivity index (χ0n) is 11.0. The molecule has 3 heteroatoms. The van der Waals surface area contributed by atoms with Gasteiger partial charge in [0.2, 0.25) is 0 Å². The third-order valence-electron chi connectivity index (χ3n) is 4.19. The second-order valence-electron chi connectivity index (χ2n) is 5.40. The van der Waals surface area contributed by atoms with Gasteiger partial charge in [-0.3, -0.25) is 0 Å². The largest absolute Gasteiger partial charge is 0.497 e. The molecule has 0 saturated heterocycles. The maximum atomic E-state index is 6.61. The van der Waals surface area contributed by atoms with E-state index in [1.54, 1.807) is 7.11 Å². The van der Waals surface area contributed by atoms with Gasteiger partial charge in [0.05, 0.1) is 7.11 Å². The fraction of sp³-hybridized carbons (Fsp3) is 0.467. The molecule has 0 radical (unpaired) electrons. The van der Waals surface area contributed by atoms with E-state index < -0.39 is 0 Å². The van der Waals surface area contributed by atoms with E-state index >= 15 is 0 Å². The molecule has 0 amide bonds. The van der Waals surface area contributed by atoms with E-state index in [1.807, 2.05) is 12.1 Å². The van der Waals surface area contributed by atoms with Crippen molar-refractivity contribution in [2.24, 2.45) is 5.73 Å². The minimum Gasteiger partial charge on any atom is -0.497 e. The van der Waals surface area contributed by atoms with Crippen molar-refractivity contribution in [2.75, 3.05) is 7.11 Å². The Kier molecular flexibility index (Phi) is 2.59. The zero-order chi connectivity index (χ0) is 12.8. The van der Waals surface area contributed by atoms with Crippen molar-refractivity contribution in [2.45, 2.75) is 38.1 Å². The van der Waals surface area contributed by atoms with Gasteiger partial charge in [-0.25, -0.2) is 0 Å². The zero-order valence-corrected chi connectivity index (χ0v) is 11.0.